The second-order valence-electron chi connectivity index (χ2n) is 6.12. The molecule has 1 heterocycles. The first-order valence-electron chi connectivity index (χ1n) is 9.03. The van der Waals surface area contributed by atoms with Crippen molar-refractivity contribution in [3.8, 4) is 11.5 Å². The van der Waals surface area contributed by atoms with Gasteiger partial charge in [-0.3, -0.25) is 9.69 Å². The third-order valence-electron chi connectivity index (χ3n) is 4.09. The molecule has 1 saturated heterocycles. The number of hydrogen-bond acceptors (Lipinski definition) is 7. The fourth-order valence-electron chi connectivity index (χ4n) is 2.70. The maximum atomic E-state index is 13.5. The van der Waals surface area contributed by atoms with Crippen LogP contribution in [0.1, 0.15) is 12.5 Å². The normalized spacial score (nSPS) is 14.8. The molecule has 6 nitrogen and oxygen atoms in total. The Kier molecular flexibility index (Phi) is 7.53. The van der Waals surface area contributed by atoms with Crippen molar-refractivity contribution >= 4 is 63.5 Å². The lowest BCUT2D eigenvalue weighted by molar-refractivity contribution is -0.145. The van der Waals surface area contributed by atoms with Crippen LogP contribution in [0.15, 0.2) is 41.3 Å². The van der Waals surface area contributed by atoms with Crippen molar-refractivity contribution in [2.24, 2.45) is 0 Å². The molecule has 10 heteroatoms. The number of nitrogens with zero attached hydrogens (tertiary/aromatic N) is 1. The molecule has 0 saturated carbocycles. The predicted molar refractivity (Wildman–Crippen MR) is 122 cm³/mol. The molecule has 0 unspecified atom stereocenters. The maximum Gasteiger partial charge on any atom is 0.344 e. The van der Waals surface area contributed by atoms with Gasteiger partial charge in [-0.05, 0) is 48.9 Å². The molecule has 0 aromatic heterocycles. The van der Waals surface area contributed by atoms with E-state index in [9.17, 15) is 14.0 Å². The number of halogens is 2. The van der Waals surface area contributed by atoms with E-state index in [1.54, 1.807) is 31.2 Å². The van der Waals surface area contributed by atoms with Gasteiger partial charge in [0.2, 0.25) is 0 Å². The van der Waals surface area contributed by atoms with E-state index in [1.165, 1.54) is 30.2 Å². The number of methoxy groups -OCH3 is 1. The summed E-state index contributed by atoms with van der Waals surface area (Å²) in [7, 11) is 1.48. The van der Waals surface area contributed by atoms with Crippen molar-refractivity contribution in [2.45, 2.75) is 6.92 Å². The molecular weight excluding hydrogens is 465 g/mol. The van der Waals surface area contributed by atoms with Crippen molar-refractivity contribution in [1.29, 1.82) is 0 Å². The van der Waals surface area contributed by atoms with Gasteiger partial charge in [0.25, 0.3) is 5.91 Å². The number of carbonyl (C=O) groups excluding carboxylic acids is 2. The Balaban J connectivity index is 1.84. The van der Waals surface area contributed by atoms with Crippen molar-refractivity contribution < 1.29 is 28.2 Å². The van der Waals surface area contributed by atoms with Crippen LogP contribution < -0.4 is 14.4 Å². The number of carbonyl (C=O) groups is 2. The lowest BCUT2D eigenvalue weighted by Gasteiger charge is -2.14. The number of ether oxygens (including phenoxy) is 3. The molecule has 1 aliphatic rings. The van der Waals surface area contributed by atoms with Crippen LogP contribution in [0.4, 0.5) is 10.1 Å². The van der Waals surface area contributed by atoms with E-state index in [1.807, 2.05) is 0 Å². The summed E-state index contributed by atoms with van der Waals surface area (Å²) in [5.41, 5.74) is 1.02. The molecule has 0 spiro atoms. The smallest absolute Gasteiger partial charge is 0.344 e. The molecule has 31 heavy (non-hydrogen) atoms. The van der Waals surface area contributed by atoms with Crippen LogP contribution in [0.5, 0.6) is 11.5 Å². The summed E-state index contributed by atoms with van der Waals surface area (Å²) >= 11 is 12.3. The monoisotopic (exact) mass is 481 g/mol. The van der Waals surface area contributed by atoms with Crippen molar-refractivity contribution in [1.82, 2.24) is 0 Å². The number of thiocarbonyl (C=S) groups is 1. The Hall–Kier alpha value is -2.62. The van der Waals surface area contributed by atoms with Gasteiger partial charge in [-0.1, -0.05) is 41.6 Å². The highest BCUT2D eigenvalue weighted by atomic mass is 35.5. The lowest BCUT2D eigenvalue weighted by atomic mass is 10.2. The van der Waals surface area contributed by atoms with E-state index in [0.29, 0.717) is 32.0 Å². The standard InChI is InChI=1S/C21H17ClFNO5S2/c1-3-28-19(25)11-29-17-8-12(4-7-16(17)27-2)9-18-20(26)24(21(30)31-18)13-5-6-15(23)14(22)10-13/h4-10H,3,11H2,1-2H3/b18-9-. The van der Waals surface area contributed by atoms with Crippen LogP contribution in [-0.4, -0.2) is 36.5 Å². The summed E-state index contributed by atoms with van der Waals surface area (Å²) in [4.78, 5) is 26.1. The van der Waals surface area contributed by atoms with Crippen LogP contribution >= 0.6 is 35.6 Å². The number of hydrogen-bond donors (Lipinski definition) is 0. The molecule has 1 fully saturated rings. The molecular formula is C21H17ClFNO5S2. The van der Waals surface area contributed by atoms with Gasteiger partial charge in [0.15, 0.2) is 22.4 Å². The van der Waals surface area contributed by atoms with Gasteiger partial charge in [-0.2, -0.15) is 0 Å². The van der Waals surface area contributed by atoms with Gasteiger partial charge in [0.1, 0.15) is 5.82 Å². The Morgan fingerprint density at radius 1 is 1.26 bits per heavy atom. The zero-order valence-corrected chi connectivity index (χ0v) is 18.9. The van der Waals surface area contributed by atoms with Crippen LogP contribution in [0, 0.1) is 5.82 Å². The van der Waals surface area contributed by atoms with E-state index in [4.69, 9.17) is 38.0 Å². The quantitative estimate of drug-likeness (QED) is 0.318. The first kappa shape index (κ1) is 23.1. The molecule has 162 valence electrons. The van der Waals surface area contributed by atoms with E-state index in [0.717, 1.165) is 11.8 Å². The molecule has 2 aromatic carbocycles. The van der Waals surface area contributed by atoms with Gasteiger partial charge in [-0.25, -0.2) is 9.18 Å². The first-order valence-corrected chi connectivity index (χ1v) is 10.6. The SMILES string of the molecule is CCOC(=O)COc1cc(/C=C2\SC(=S)N(c3ccc(F)c(Cl)c3)C2=O)ccc1OC. The minimum atomic E-state index is -0.583. The second-order valence-corrected chi connectivity index (χ2v) is 8.20. The predicted octanol–water partition coefficient (Wildman–Crippen LogP) is 4.84. The van der Waals surface area contributed by atoms with E-state index in [2.05, 4.69) is 0 Å². The van der Waals surface area contributed by atoms with Gasteiger partial charge in [-0.15, -0.1) is 0 Å². The highest BCUT2D eigenvalue weighted by molar-refractivity contribution is 8.27. The highest BCUT2D eigenvalue weighted by Gasteiger charge is 2.33. The first-order chi connectivity index (χ1) is 14.8. The summed E-state index contributed by atoms with van der Waals surface area (Å²) in [6.07, 6.45) is 1.64. The summed E-state index contributed by atoms with van der Waals surface area (Å²) in [5.74, 6) is -0.698. The fraction of sp³-hybridized carbons (Fsp3) is 0.190. The largest absolute Gasteiger partial charge is 0.493 e. The van der Waals surface area contributed by atoms with Crippen LogP contribution in [-0.2, 0) is 14.3 Å². The van der Waals surface area contributed by atoms with Gasteiger partial charge >= 0.3 is 5.97 Å². The molecule has 0 atom stereocenters. The molecule has 0 radical (unpaired) electrons. The summed E-state index contributed by atoms with van der Waals surface area (Å²) < 4.78 is 29.4. The number of thioether (sulfide) groups is 1. The Morgan fingerprint density at radius 2 is 2.03 bits per heavy atom. The number of rotatable bonds is 7. The van der Waals surface area contributed by atoms with Gasteiger partial charge in [0, 0.05) is 0 Å². The number of benzene rings is 2. The molecule has 0 bridgehead atoms. The minimum absolute atomic E-state index is 0.103. The Labute approximate surface area is 192 Å². The Bertz CT molecular complexity index is 1080. The minimum Gasteiger partial charge on any atom is -0.493 e. The molecule has 0 aliphatic carbocycles. The molecule has 3 rings (SSSR count). The molecule has 1 amide bonds. The van der Waals surface area contributed by atoms with Crippen LogP contribution in [0.3, 0.4) is 0 Å². The number of anilines is 1. The average molecular weight is 482 g/mol. The van der Waals surface area contributed by atoms with Crippen LogP contribution in [0.25, 0.3) is 6.08 Å². The fourth-order valence-corrected chi connectivity index (χ4v) is 4.17. The van der Waals surface area contributed by atoms with E-state index in [-0.39, 0.29) is 24.1 Å². The highest BCUT2D eigenvalue weighted by Crippen LogP contribution is 2.38. The van der Waals surface area contributed by atoms with Gasteiger partial charge < -0.3 is 14.2 Å². The zero-order valence-electron chi connectivity index (χ0n) is 16.5. The average Bonchev–Trinajstić information content (AvgIpc) is 3.02. The van der Waals surface area contributed by atoms with E-state index >= 15 is 0 Å². The lowest BCUT2D eigenvalue weighted by Crippen LogP contribution is -2.27. The number of esters is 1. The maximum absolute atomic E-state index is 13.5. The summed E-state index contributed by atoms with van der Waals surface area (Å²) in [6, 6.07) is 8.99. The Morgan fingerprint density at radius 3 is 2.71 bits per heavy atom. The van der Waals surface area contributed by atoms with Crippen LogP contribution in [0.2, 0.25) is 5.02 Å². The summed E-state index contributed by atoms with van der Waals surface area (Å²) in [6.45, 7) is 1.68. The second kappa shape index (κ2) is 10.1. The molecule has 0 N–H and O–H groups in total. The van der Waals surface area contributed by atoms with Crippen molar-refractivity contribution in [2.75, 3.05) is 25.2 Å². The number of amides is 1. The summed E-state index contributed by atoms with van der Waals surface area (Å²) in [5, 5.41) is -0.103. The third-order valence-corrected chi connectivity index (χ3v) is 5.68. The molecule has 1 aliphatic heterocycles. The van der Waals surface area contributed by atoms with Crippen molar-refractivity contribution in [3.05, 3.63) is 57.7 Å². The topological polar surface area (TPSA) is 65.1 Å². The van der Waals surface area contributed by atoms with Crippen molar-refractivity contribution in [3.63, 3.8) is 0 Å². The molecule has 2 aromatic rings. The third kappa shape index (κ3) is 5.36. The van der Waals surface area contributed by atoms with E-state index < -0.39 is 11.8 Å². The zero-order chi connectivity index (χ0) is 22.5. The van der Waals surface area contributed by atoms with Gasteiger partial charge in [0.05, 0.1) is 29.3 Å².